The van der Waals surface area contributed by atoms with Crippen LogP contribution in [0.2, 0.25) is 0 Å². The number of aromatic nitrogens is 3. The van der Waals surface area contributed by atoms with E-state index in [4.69, 9.17) is 10.8 Å². The lowest BCUT2D eigenvalue weighted by atomic mass is 10.0. The molecule has 0 bridgehead atoms. The number of nitrogens with two attached hydrogens (primary N) is 1. The number of hydrogen-bond donors (Lipinski definition) is 2. The molecular formula is C16H19F3N6OS. The van der Waals surface area contributed by atoms with E-state index < -0.39 is 18.7 Å². The number of nitrogens with zero attached hydrogens (tertiary/aromatic N) is 5. The first-order chi connectivity index (χ1) is 12.9. The van der Waals surface area contributed by atoms with Gasteiger partial charge in [-0.3, -0.25) is 0 Å². The SMILES string of the molecule is Nc1ccc(SN2CCN(c3ncc(C(CO)C(F)(F)F)cn3)CC2)cn1. The second-order valence-electron chi connectivity index (χ2n) is 6.02. The van der Waals surface area contributed by atoms with Gasteiger partial charge < -0.3 is 15.7 Å². The van der Waals surface area contributed by atoms with E-state index >= 15 is 0 Å². The summed E-state index contributed by atoms with van der Waals surface area (Å²) in [5.74, 6) is -1.11. The fourth-order valence-corrected chi connectivity index (χ4v) is 3.52. The van der Waals surface area contributed by atoms with E-state index in [-0.39, 0.29) is 5.56 Å². The molecule has 27 heavy (non-hydrogen) atoms. The highest BCUT2D eigenvalue weighted by Gasteiger charge is 2.40. The molecule has 3 heterocycles. The Morgan fingerprint density at radius 2 is 1.74 bits per heavy atom. The number of nitrogen functional groups attached to an aromatic ring is 1. The third-order valence-electron chi connectivity index (χ3n) is 4.15. The molecule has 0 spiro atoms. The normalized spacial score (nSPS) is 17.1. The number of aliphatic hydroxyl groups is 1. The molecule has 1 fully saturated rings. The molecule has 1 unspecified atom stereocenters. The van der Waals surface area contributed by atoms with Crippen LogP contribution in [0.4, 0.5) is 24.9 Å². The highest BCUT2D eigenvalue weighted by Crippen LogP contribution is 2.34. The van der Waals surface area contributed by atoms with Crippen LogP contribution in [0.25, 0.3) is 0 Å². The Morgan fingerprint density at radius 1 is 1.07 bits per heavy atom. The maximum Gasteiger partial charge on any atom is 0.398 e. The second-order valence-corrected chi connectivity index (χ2v) is 7.19. The summed E-state index contributed by atoms with van der Waals surface area (Å²) in [5.41, 5.74) is 5.43. The van der Waals surface area contributed by atoms with Gasteiger partial charge >= 0.3 is 6.18 Å². The molecule has 0 aliphatic carbocycles. The van der Waals surface area contributed by atoms with Gasteiger partial charge in [-0.1, -0.05) is 0 Å². The van der Waals surface area contributed by atoms with Crippen LogP contribution in [-0.2, 0) is 0 Å². The maximum absolute atomic E-state index is 12.9. The van der Waals surface area contributed by atoms with Gasteiger partial charge in [0.05, 0.1) is 6.61 Å². The molecule has 1 saturated heterocycles. The number of halogens is 3. The Balaban J connectivity index is 1.57. The molecule has 2 aromatic heterocycles. The van der Waals surface area contributed by atoms with E-state index in [9.17, 15) is 13.2 Å². The summed E-state index contributed by atoms with van der Waals surface area (Å²) >= 11 is 1.58. The Kier molecular flexibility index (Phi) is 6.02. The largest absolute Gasteiger partial charge is 0.398 e. The first-order valence-corrected chi connectivity index (χ1v) is 9.03. The standard InChI is InChI=1S/C16H19F3N6OS/c17-16(18,19)13(10-26)11-7-22-15(23-8-11)24-3-5-25(6-4-24)27-12-1-2-14(20)21-9-12/h1-2,7-9,13,26H,3-6,10H2,(H2,20,21). The number of rotatable bonds is 5. The molecule has 2 aromatic rings. The number of hydrogen-bond acceptors (Lipinski definition) is 8. The highest BCUT2D eigenvalue weighted by atomic mass is 32.2. The Bertz CT molecular complexity index is 735. The molecule has 3 N–H and O–H groups in total. The van der Waals surface area contributed by atoms with Crippen molar-refractivity contribution in [3.63, 3.8) is 0 Å². The van der Waals surface area contributed by atoms with Gasteiger partial charge in [0.15, 0.2) is 0 Å². The first kappa shape index (κ1) is 19.6. The monoisotopic (exact) mass is 400 g/mol. The zero-order chi connectivity index (χ0) is 19.4. The number of anilines is 2. The minimum atomic E-state index is -4.53. The van der Waals surface area contributed by atoms with E-state index in [2.05, 4.69) is 19.3 Å². The van der Waals surface area contributed by atoms with Gasteiger partial charge in [0.1, 0.15) is 11.7 Å². The van der Waals surface area contributed by atoms with Crippen LogP contribution in [0, 0.1) is 0 Å². The molecule has 0 radical (unpaired) electrons. The lowest BCUT2D eigenvalue weighted by molar-refractivity contribution is -0.158. The summed E-state index contributed by atoms with van der Waals surface area (Å²) in [6.07, 6.45) is -0.540. The lowest BCUT2D eigenvalue weighted by Crippen LogP contribution is -2.44. The highest BCUT2D eigenvalue weighted by molar-refractivity contribution is 7.97. The van der Waals surface area contributed by atoms with Gasteiger partial charge in [0.2, 0.25) is 5.95 Å². The summed E-state index contributed by atoms with van der Waals surface area (Å²) in [6.45, 7) is 1.75. The van der Waals surface area contributed by atoms with E-state index in [1.54, 1.807) is 24.2 Å². The van der Waals surface area contributed by atoms with E-state index in [0.29, 0.717) is 24.9 Å². The summed E-state index contributed by atoms with van der Waals surface area (Å²) < 4.78 is 40.8. The van der Waals surface area contributed by atoms with E-state index in [0.717, 1.165) is 30.4 Å². The van der Waals surface area contributed by atoms with Crippen molar-refractivity contribution in [2.24, 2.45) is 0 Å². The maximum atomic E-state index is 12.9. The van der Waals surface area contributed by atoms with Crippen molar-refractivity contribution in [3.05, 3.63) is 36.3 Å². The molecule has 0 amide bonds. The van der Waals surface area contributed by atoms with Gasteiger partial charge in [0, 0.05) is 55.2 Å². The zero-order valence-electron chi connectivity index (χ0n) is 14.3. The van der Waals surface area contributed by atoms with Crippen molar-refractivity contribution in [1.82, 2.24) is 19.3 Å². The number of pyridine rings is 1. The van der Waals surface area contributed by atoms with Crippen LogP contribution < -0.4 is 10.6 Å². The topological polar surface area (TPSA) is 91.4 Å². The third-order valence-corrected chi connectivity index (χ3v) is 5.23. The Hall–Kier alpha value is -2.11. The van der Waals surface area contributed by atoms with Crippen molar-refractivity contribution in [3.8, 4) is 0 Å². The van der Waals surface area contributed by atoms with Crippen LogP contribution in [0.3, 0.4) is 0 Å². The third kappa shape index (κ3) is 4.99. The van der Waals surface area contributed by atoms with Crippen molar-refractivity contribution in [1.29, 1.82) is 0 Å². The average molecular weight is 400 g/mol. The van der Waals surface area contributed by atoms with Crippen molar-refractivity contribution in [2.45, 2.75) is 17.0 Å². The summed E-state index contributed by atoms with van der Waals surface area (Å²) in [4.78, 5) is 15.1. The van der Waals surface area contributed by atoms with Crippen LogP contribution in [0.15, 0.2) is 35.6 Å². The average Bonchev–Trinajstić information content (AvgIpc) is 2.64. The van der Waals surface area contributed by atoms with E-state index in [1.165, 1.54) is 0 Å². The van der Waals surface area contributed by atoms with Crippen molar-refractivity contribution < 1.29 is 18.3 Å². The summed E-state index contributed by atoms with van der Waals surface area (Å²) in [7, 11) is 0. The van der Waals surface area contributed by atoms with Crippen LogP contribution in [0.5, 0.6) is 0 Å². The van der Waals surface area contributed by atoms with Crippen molar-refractivity contribution in [2.75, 3.05) is 43.4 Å². The van der Waals surface area contributed by atoms with Crippen LogP contribution in [-0.4, -0.2) is 63.3 Å². The minimum Gasteiger partial charge on any atom is -0.395 e. The Labute approximate surface area is 158 Å². The molecule has 7 nitrogen and oxygen atoms in total. The van der Waals surface area contributed by atoms with Gasteiger partial charge in [-0.05, 0) is 24.1 Å². The van der Waals surface area contributed by atoms with Crippen molar-refractivity contribution >= 4 is 23.7 Å². The number of piperazine rings is 1. The molecule has 1 aliphatic heterocycles. The number of aliphatic hydroxyl groups excluding tert-OH is 1. The minimum absolute atomic E-state index is 0.140. The van der Waals surface area contributed by atoms with Crippen LogP contribution >= 0.6 is 11.9 Å². The molecule has 11 heteroatoms. The van der Waals surface area contributed by atoms with Gasteiger partial charge in [-0.15, -0.1) is 0 Å². The first-order valence-electron chi connectivity index (χ1n) is 8.25. The molecule has 0 aromatic carbocycles. The van der Waals surface area contributed by atoms with Gasteiger partial charge in [-0.2, -0.15) is 13.2 Å². The Morgan fingerprint density at radius 3 is 2.26 bits per heavy atom. The van der Waals surface area contributed by atoms with Crippen LogP contribution in [0.1, 0.15) is 11.5 Å². The molecule has 1 atom stereocenters. The quantitative estimate of drug-likeness (QED) is 0.736. The van der Waals surface area contributed by atoms with E-state index in [1.807, 2.05) is 11.0 Å². The molecule has 1 aliphatic rings. The smallest absolute Gasteiger partial charge is 0.395 e. The predicted octanol–water partition coefficient (Wildman–Crippen LogP) is 1.92. The molecule has 0 saturated carbocycles. The predicted molar refractivity (Wildman–Crippen MR) is 96.2 cm³/mol. The summed E-state index contributed by atoms with van der Waals surface area (Å²) in [6, 6.07) is 3.65. The summed E-state index contributed by atoms with van der Waals surface area (Å²) in [5, 5.41) is 8.99. The molecular weight excluding hydrogens is 381 g/mol. The van der Waals surface area contributed by atoms with Gasteiger partial charge in [-0.25, -0.2) is 19.3 Å². The van der Waals surface area contributed by atoms with Gasteiger partial charge in [0.25, 0.3) is 0 Å². The lowest BCUT2D eigenvalue weighted by Gasteiger charge is -2.33. The molecule has 3 rings (SSSR count). The molecule has 146 valence electrons. The zero-order valence-corrected chi connectivity index (χ0v) is 15.1. The fraction of sp³-hybridized carbons (Fsp3) is 0.438. The second kappa shape index (κ2) is 8.28. The fourth-order valence-electron chi connectivity index (χ4n) is 2.65. The number of alkyl halides is 3.